The minimum Gasteiger partial charge on any atom is -0.352 e. The number of carbonyl (C=O) groups is 2. The van der Waals surface area contributed by atoms with E-state index >= 15 is 0 Å². The zero-order valence-corrected chi connectivity index (χ0v) is 19.4. The molecule has 0 saturated carbocycles. The average molecular weight is 447 g/mol. The molecule has 0 saturated heterocycles. The van der Waals surface area contributed by atoms with Crippen LogP contribution < -0.4 is 5.32 Å². The van der Waals surface area contributed by atoms with E-state index in [1.165, 1.54) is 12.1 Å². The lowest BCUT2D eigenvalue weighted by Gasteiger charge is -2.31. The number of amides is 2. The van der Waals surface area contributed by atoms with Crippen molar-refractivity contribution in [2.24, 2.45) is 0 Å². The molecule has 0 radical (unpaired) electrons. The highest BCUT2D eigenvalue weighted by atomic mass is 19.1. The summed E-state index contributed by atoms with van der Waals surface area (Å²) in [5, 5.41) is 2.90. The number of hydrogen-bond acceptors (Lipinski definition) is 2. The molecule has 0 fully saturated rings. The number of carbonyl (C=O) groups excluding carboxylic acids is 2. The fourth-order valence-electron chi connectivity index (χ4n) is 3.86. The summed E-state index contributed by atoms with van der Waals surface area (Å²) in [5.41, 5.74) is 2.85. The topological polar surface area (TPSA) is 49.4 Å². The predicted molar refractivity (Wildman–Crippen MR) is 129 cm³/mol. The Kier molecular flexibility index (Phi) is 8.36. The lowest BCUT2D eigenvalue weighted by atomic mass is 9.88. The Bertz CT molecular complexity index is 997. The molecule has 0 unspecified atom stereocenters. The predicted octanol–water partition coefficient (Wildman–Crippen LogP) is 5.29. The highest BCUT2D eigenvalue weighted by Crippen LogP contribution is 2.29. The zero-order chi connectivity index (χ0) is 23.8. The Hall–Kier alpha value is -3.47. The van der Waals surface area contributed by atoms with Crippen molar-refractivity contribution in [3.8, 4) is 0 Å². The van der Waals surface area contributed by atoms with Gasteiger partial charge in [0, 0.05) is 24.9 Å². The summed E-state index contributed by atoms with van der Waals surface area (Å²) in [5.74, 6) is -0.828. The second kappa shape index (κ2) is 11.4. The van der Waals surface area contributed by atoms with Crippen LogP contribution in [0.25, 0.3) is 0 Å². The lowest BCUT2D eigenvalue weighted by Crippen LogP contribution is -2.49. The van der Waals surface area contributed by atoms with Crippen LogP contribution in [0.15, 0.2) is 84.9 Å². The smallest absolute Gasteiger partial charge is 0.242 e. The normalized spacial score (nSPS) is 11.9. The van der Waals surface area contributed by atoms with Crippen molar-refractivity contribution in [1.82, 2.24) is 10.2 Å². The van der Waals surface area contributed by atoms with Gasteiger partial charge < -0.3 is 10.2 Å². The number of halogens is 1. The van der Waals surface area contributed by atoms with Gasteiger partial charge >= 0.3 is 0 Å². The summed E-state index contributed by atoms with van der Waals surface area (Å²) in [6.07, 6.45) is 0.217. The minimum atomic E-state index is -0.669. The Morgan fingerprint density at radius 2 is 1.33 bits per heavy atom. The molecule has 0 aromatic heterocycles. The van der Waals surface area contributed by atoms with Crippen molar-refractivity contribution in [1.29, 1.82) is 0 Å². The summed E-state index contributed by atoms with van der Waals surface area (Å²) in [7, 11) is 0. The van der Waals surface area contributed by atoms with Gasteiger partial charge in [0.15, 0.2) is 0 Å². The molecule has 33 heavy (non-hydrogen) atoms. The summed E-state index contributed by atoms with van der Waals surface area (Å²) in [4.78, 5) is 28.1. The fourth-order valence-corrected chi connectivity index (χ4v) is 3.86. The first-order chi connectivity index (χ1) is 15.8. The maximum absolute atomic E-state index is 13.7. The maximum atomic E-state index is 13.7. The third-order valence-electron chi connectivity index (χ3n) is 5.65. The molecule has 0 aliphatic rings. The van der Waals surface area contributed by atoms with Crippen LogP contribution in [0.3, 0.4) is 0 Å². The number of nitrogens with one attached hydrogen (secondary N) is 1. The van der Waals surface area contributed by atoms with Crippen molar-refractivity contribution in [3.63, 3.8) is 0 Å². The van der Waals surface area contributed by atoms with Gasteiger partial charge in [0.05, 0.1) is 0 Å². The monoisotopic (exact) mass is 446 g/mol. The summed E-state index contributed by atoms with van der Waals surface area (Å²) < 4.78 is 13.4. The molecular formula is C28H31FN2O2. The largest absolute Gasteiger partial charge is 0.352 e. The van der Waals surface area contributed by atoms with Crippen molar-refractivity contribution in [2.45, 2.75) is 51.7 Å². The van der Waals surface area contributed by atoms with E-state index in [2.05, 4.69) is 5.32 Å². The van der Waals surface area contributed by atoms with Crippen LogP contribution in [-0.4, -0.2) is 28.8 Å². The fraction of sp³-hybridized carbons (Fsp3) is 0.286. The van der Waals surface area contributed by atoms with E-state index in [1.807, 2.05) is 74.5 Å². The van der Waals surface area contributed by atoms with Gasteiger partial charge in [0.2, 0.25) is 11.8 Å². The summed E-state index contributed by atoms with van der Waals surface area (Å²) in [6, 6.07) is 25.2. The molecule has 0 spiro atoms. The Morgan fingerprint density at radius 1 is 0.818 bits per heavy atom. The van der Waals surface area contributed by atoms with Gasteiger partial charge in [-0.3, -0.25) is 9.59 Å². The van der Waals surface area contributed by atoms with E-state index < -0.39 is 6.04 Å². The van der Waals surface area contributed by atoms with E-state index in [-0.39, 0.29) is 42.6 Å². The van der Waals surface area contributed by atoms with Crippen LogP contribution in [0, 0.1) is 5.82 Å². The third-order valence-corrected chi connectivity index (χ3v) is 5.65. The molecule has 3 rings (SSSR count). The van der Waals surface area contributed by atoms with Gasteiger partial charge in [-0.1, -0.05) is 72.8 Å². The second-order valence-electron chi connectivity index (χ2n) is 8.57. The third kappa shape index (κ3) is 6.75. The SMILES string of the molecule is CC(C)NC(=O)[C@H](C)N(Cc1ccc(F)cc1)C(=O)CC(c1ccccc1)c1ccccc1. The van der Waals surface area contributed by atoms with Crippen molar-refractivity contribution in [2.75, 3.05) is 0 Å². The van der Waals surface area contributed by atoms with Crippen LogP contribution in [0.2, 0.25) is 0 Å². The van der Waals surface area contributed by atoms with Crippen LogP contribution in [0.5, 0.6) is 0 Å². The first-order valence-electron chi connectivity index (χ1n) is 11.3. The first kappa shape index (κ1) is 24.2. The van der Waals surface area contributed by atoms with Crippen LogP contribution in [0.4, 0.5) is 4.39 Å². The van der Waals surface area contributed by atoms with Gasteiger partial charge in [-0.15, -0.1) is 0 Å². The molecule has 1 atom stereocenters. The zero-order valence-electron chi connectivity index (χ0n) is 19.4. The van der Waals surface area contributed by atoms with E-state index in [0.29, 0.717) is 0 Å². The van der Waals surface area contributed by atoms with Gasteiger partial charge in [0.25, 0.3) is 0 Å². The molecule has 3 aromatic rings. The van der Waals surface area contributed by atoms with Gasteiger partial charge in [-0.05, 0) is 49.6 Å². The molecule has 4 nitrogen and oxygen atoms in total. The number of nitrogens with zero attached hydrogens (tertiary/aromatic N) is 1. The molecule has 172 valence electrons. The van der Waals surface area contributed by atoms with Gasteiger partial charge in [-0.25, -0.2) is 4.39 Å². The average Bonchev–Trinajstić information content (AvgIpc) is 2.82. The van der Waals surface area contributed by atoms with Crippen molar-refractivity contribution < 1.29 is 14.0 Å². The van der Waals surface area contributed by atoms with Gasteiger partial charge in [0.1, 0.15) is 11.9 Å². The highest BCUT2D eigenvalue weighted by Gasteiger charge is 2.29. The highest BCUT2D eigenvalue weighted by molar-refractivity contribution is 5.88. The molecule has 1 N–H and O–H groups in total. The molecular weight excluding hydrogens is 415 g/mol. The summed E-state index contributed by atoms with van der Waals surface area (Å²) in [6.45, 7) is 5.73. The summed E-state index contributed by atoms with van der Waals surface area (Å²) >= 11 is 0. The molecule has 3 aromatic carbocycles. The molecule has 0 aliphatic carbocycles. The molecule has 5 heteroatoms. The van der Waals surface area contributed by atoms with E-state index in [4.69, 9.17) is 0 Å². The number of hydrogen-bond donors (Lipinski definition) is 1. The van der Waals surface area contributed by atoms with Crippen LogP contribution in [0.1, 0.15) is 49.8 Å². The molecule has 0 bridgehead atoms. The number of benzene rings is 3. The number of rotatable bonds is 9. The Morgan fingerprint density at radius 3 is 1.82 bits per heavy atom. The van der Waals surface area contributed by atoms with E-state index in [0.717, 1.165) is 16.7 Å². The van der Waals surface area contributed by atoms with Crippen LogP contribution >= 0.6 is 0 Å². The van der Waals surface area contributed by atoms with E-state index in [1.54, 1.807) is 24.0 Å². The molecule has 2 amide bonds. The maximum Gasteiger partial charge on any atom is 0.242 e. The quantitative estimate of drug-likeness (QED) is 0.486. The lowest BCUT2D eigenvalue weighted by molar-refractivity contribution is -0.141. The van der Waals surface area contributed by atoms with Crippen molar-refractivity contribution >= 4 is 11.8 Å². The first-order valence-corrected chi connectivity index (χ1v) is 11.3. The minimum absolute atomic E-state index is 0.0379. The Labute approximate surface area is 195 Å². The second-order valence-corrected chi connectivity index (χ2v) is 8.57. The molecule has 0 aliphatic heterocycles. The van der Waals surface area contributed by atoms with Crippen LogP contribution in [-0.2, 0) is 16.1 Å². The van der Waals surface area contributed by atoms with E-state index in [9.17, 15) is 14.0 Å². The Balaban J connectivity index is 1.91. The molecule has 0 heterocycles. The van der Waals surface area contributed by atoms with Crippen molar-refractivity contribution in [3.05, 3.63) is 107 Å². The van der Waals surface area contributed by atoms with Gasteiger partial charge in [-0.2, -0.15) is 0 Å². The standard InChI is InChI=1S/C28H31FN2O2/c1-20(2)30-28(33)21(3)31(19-22-14-16-25(29)17-15-22)27(32)18-26(23-10-6-4-7-11-23)24-12-8-5-9-13-24/h4-17,20-21,26H,18-19H2,1-3H3,(H,30,33)/t21-/m0/s1.